The smallest absolute Gasteiger partial charge is 0.262 e. The number of fused-ring (bicyclic) bond motifs is 1. The predicted octanol–water partition coefficient (Wildman–Crippen LogP) is 1.21. The maximum absolute atomic E-state index is 13.5. The van der Waals surface area contributed by atoms with Gasteiger partial charge in [-0.3, -0.25) is 24.3 Å². The van der Waals surface area contributed by atoms with Crippen molar-refractivity contribution in [2.75, 3.05) is 12.8 Å². The quantitative estimate of drug-likeness (QED) is 0.761. The number of rotatable bonds is 2. The number of benzene rings is 1. The van der Waals surface area contributed by atoms with Crippen LogP contribution in [0.5, 0.6) is 5.75 Å². The van der Waals surface area contributed by atoms with Gasteiger partial charge in [0.1, 0.15) is 23.1 Å². The number of imide groups is 1. The molecule has 1 aliphatic heterocycles. The first-order valence-electron chi connectivity index (χ1n) is 6.29. The summed E-state index contributed by atoms with van der Waals surface area (Å²) >= 11 is 3.15. The maximum atomic E-state index is 13.5. The summed E-state index contributed by atoms with van der Waals surface area (Å²) < 4.78 is 19.8. The van der Waals surface area contributed by atoms with E-state index in [2.05, 4.69) is 21.2 Å². The van der Waals surface area contributed by atoms with Crippen molar-refractivity contribution in [3.8, 4) is 11.4 Å². The summed E-state index contributed by atoms with van der Waals surface area (Å²) in [4.78, 5) is 35.9. The fraction of sp³-hybridized carbons (Fsp3) is 0.0714. The summed E-state index contributed by atoms with van der Waals surface area (Å²) in [5.41, 5.74) is 5.21. The van der Waals surface area contributed by atoms with Crippen molar-refractivity contribution in [1.29, 1.82) is 0 Å². The molecular formula is C14H9BrFN3O4. The molecule has 1 aliphatic rings. The number of nitrogens with zero attached hydrogens (tertiary/aromatic N) is 1. The zero-order valence-electron chi connectivity index (χ0n) is 11.6. The average Bonchev–Trinajstić information content (AvgIpc) is 2.75. The number of nitrogens with two attached hydrogens (primary N) is 1. The van der Waals surface area contributed by atoms with Crippen LogP contribution in [-0.4, -0.2) is 23.5 Å². The minimum Gasteiger partial charge on any atom is -0.494 e. The highest BCUT2D eigenvalue weighted by atomic mass is 79.9. The lowest BCUT2D eigenvalue weighted by atomic mass is 10.1. The largest absolute Gasteiger partial charge is 0.494 e. The van der Waals surface area contributed by atoms with Crippen LogP contribution in [0.2, 0.25) is 0 Å². The third-order valence-electron chi connectivity index (χ3n) is 3.39. The van der Waals surface area contributed by atoms with E-state index in [1.165, 1.54) is 7.11 Å². The van der Waals surface area contributed by atoms with Gasteiger partial charge in [0.25, 0.3) is 17.4 Å². The Hall–Kier alpha value is -2.68. The molecule has 2 heterocycles. The monoisotopic (exact) mass is 381 g/mol. The highest BCUT2D eigenvalue weighted by Gasteiger charge is 2.32. The van der Waals surface area contributed by atoms with Gasteiger partial charge in [-0.2, -0.15) is 0 Å². The Morgan fingerprint density at radius 2 is 1.91 bits per heavy atom. The molecule has 1 aromatic heterocycles. The molecule has 118 valence electrons. The molecule has 0 unspecified atom stereocenters. The van der Waals surface area contributed by atoms with E-state index in [-0.39, 0.29) is 32.9 Å². The fourth-order valence-electron chi connectivity index (χ4n) is 2.42. The summed E-state index contributed by atoms with van der Waals surface area (Å²) in [6.07, 6.45) is 0. The third-order valence-corrected chi connectivity index (χ3v) is 3.99. The van der Waals surface area contributed by atoms with E-state index in [4.69, 9.17) is 10.5 Å². The van der Waals surface area contributed by atoms with Crippen LogP contribution in [-0.2, 0) is 0 Å². The molecule has 0 aliphatic carbocycles. The highest BCUT2D eigenvalue weighted by Crippen LogP contribution is 2.34. The van der Waals surface area contributed by atoms with Crippen LogP contribution < -0.4 is 21.3 Å². The first-order valence-corrected chi connectivity index (χ1v) is 7.09. The van der Waals surface area contributed by atoms with E-state index in [0.29, 0.717) is 0 Å². The van der Waals surface area contributed by atoms with E-state index < -0.39 is 23.2 Å². The van der Waals surface area contributed by atoms with Crippen molar-refractivity contribution in [3.05, 3.63) is 50.0 Å². The van der Waals surface area contributed by atoms with Crippen LogP contribution >= 0.6 is 15.9 Å². The number of methoxy groups -OCH3 is 1. The molecule has 1 aromatic carbocycles. The first-order chi connectivity index (χ1) is 10.8. The van der Waals surface area contributed by atoms with E-state index in [0.717, 1.165) is 22.8 Å². The SMILES string of the molecule is COc1cc(F)cc(Br)c1-n1c(N)c2c(cc1=O)C(=O)NC2=O. The molecule has 2 amide bonds. The Bertz CT molecular complexity index is 939. The minimum absolute atomic E-state index is 0.0374. The highest BCUT2D eigenvalue weighted by molar-refractivity contribution is 9.10. The zero-order chi connectivity index (χ0) is 16.9. The number of hydrogen-bond acceptors (Lipinski definition) is 5. The number of carbonyl (C=O) groups is 2. The third kappa shape index (κ3) is 2.20. The lowest BCUT2D eigenvalue weighted by Crippen LogP contribution is -2.24. The van der Waals surface area contributed by atoms with Gasteiger partial charge in [-0.15, -0.1) is 0 Å². The molecule has 7 nitrogen and oxygen atoms in total. The second-order valence-corrected chi connectivity index (χ2v) is 5.57. The van der Waals surface area contributed by atoms with Gasteiger partial charge in [-0.1, -0.05) is 0 Å². The number of anilines is 1. The van der Waals surface area contributed by atoms with Gasteiger partial charge in [-0.25, -0.2) is 4.39 Å². The van der Waals surface area contributed by atoms with Crippen molar-refractivity contribution in [2.24, 2.45) is 0 Å². The number of ether oxygens (including phenoxy) is 1. The van der Waals surface area contributed by atoms with Gasteiger partial charge in [0.05, 0.1) is 18.2 Å². The molecule has 0 saturated carbocycles. The molecule has 0 spiro atoms. The zero-order valence-corrected chi connectivity index (χ0v) is 13.2. The standard InChI is InChI=1S/C14H9BrFN3O4/c1-23-8-3-5(16)2-7(15)11(8)19-9(20)4-6-10(12(19)17)14(22)18-13(6)21/h2-4H,17H2,1H3,(H,18,21,22). The molecule has 3 N–H and O–H groups in total. The van der Waals surface area contributed by atoms with Gasteiger partial charge in [0.15, 0.2) is 0 Å². The lowest BCUT2D eigenvalue weighted by molar-refractivity contribution is 0.0880. The summed E-state index contributed by atoms with van der Waals surface area (Å²) in [6, 6.07) is 3.20. The summed E-state index contributed by atoms with van der Waals surface area (Å²) in [5.74, 6) is -2.17. The van der Waals surface area contributed by atoms with Crippen molar-refractivity contribution in [3.63, 3.8) is 0 Å². The molecule has 0 atom stereocenters. The van der Waals surface area contributed by atoms with Crippen LogP contribution in [0.3, 0.4) is 0 Å². The van der Waals surface area contributed by atoms with E-state index in [9.17, 15) is 18.8 Å². The number of nitrogen functional groups attached to an aromatic ring is 1. The van der Waals surface area contributed by atoms with Crippen molar-refractivity contribution in [2.45, 2.75) is 0 Å². The van der Waals surface area contributed by atoms with Crippen molar-refractivity contribution in [1.82, 2.24) is 9.88 Å². The van der Waals surface area contributed by atoms with E-state index in [1.807, 2.05) is 0 Å². The van der Waals surface area contributed by atoms with Crippen molar-refractivity contribution >= 4 is 33.6 Å². The average molecular weight is 382 g/mol. The molecular weight excluding hydrogens is 373 g/mol. The van der Waals surface area contributed by atoms with Crippen LogP contribution in [0.15, 0.2) is 27.5 Å². The van der Waals surface area contributed by atoms with Crippen LogP contribution in [0.25, 0.3) is 5.69 Å². The normalized spacial score (nSPS) is 13.0. The number of halogens is 2. The number of amides is 2. The summed E-state index contributed by atoms with van der Waals surface area (Å²) in [7, 11) is 1.30. The number of hydrogen-bond donors (Lipinski definition) is 2. The number of pyridine rings is 1. The van der Waals surface area contributed by atoms with Gasteiger partial charge in [-0.05, 0) is 22.0 Å². The van der Waals surface area contributed by atoms with Gasteiger partial charge in [0.2, 0.25) is 0 Å². The summed E-state index contributed by atoms with van der Waals surface area (Å²) in [6.45, 7) is 0. The van der Waals surface area contributed by atoms with Crippen LogP contribution in [0.4, 0.5) is 10.2 Å². The minimum atomic E-state index is -0.701. The molecule has 2 aromatic rings. The molecule has 9 heteroatoms. The first kappa shape index (κ1) is 15.2. The molecule has 3 rings (SSSR count). The molecule has 23 heavy (non-hydrogen) atoms. The Kier molecular flexibility index (Phi) is 3.44. The number of carbonyl (C=O) groups excluding carboxylic acids is 2. The van der Waals surface area contributed by atoms with Crippen LogP contribution in [0.1, 0.15) is 20.7 Å². The maximum Gasteiger partial charge on any atom is 0.262 e. The number of nitrogens with one attached hydrogen (secondary N) is 1. The van der Waals surface area contributed by atoms with E-state index in [1.54, 1.807) is 0 Å². The van der Waals surface area contributed by atoms with Gasteiger partial charge in [0, 0.05) is 16.6 Å². The molecule has 0 fully saturated rings. The second-order valence-electron chi connectivity index (χ2n) is 4.71. The summed E-state index contributed by atoms with van der Waals surface area (Å²) in [5, 5.41) is 2.07. The fourth-order valence-corrected chi connectivity index (χ4v) is 3.02. The van der Waals surface area contributed by atoms with Crippen LogP contribution in [0, 0.1) is 5.82 Å². The van der Waals surface area contributed by atoms with Gasteiger partial charge >= 0.3 is 0 Å². The Labute approximate surface area is 137 Å². The lowest BCUT2D eigenvalue weighted by Gasteiger charge is -2.16. The Morgan fingerprint density at radius 3 is 2.57 bits per heavy atom. The number of aromatic nitrogens is 1. The topological polar surface area (TPSA) is 103 Å². The Balaban J connectivity index is 2.41. The molecule has 0 radical (unpaired) electrons. The molecule has 0 bridgehead atoms. The second kappa shape index (κ2) is 5.20. The molecule has 0 saturated heterocycles. The van der Waals surface area contributed by atoms with E-state index >= 15 is 0 Å². The predicted molar refractivity (Wildman–Crippen MR) is 82.5 cm³/mol. The Morgan fingerprint density at radius 1 is 1.22 bits per heavy atom. The van der Waals surface area contributed by atoms with Gasteiger partial charge < -0.3 is 10.5 Å². The van der Waals surface area contributed by atoms with Crippen molar-refractivity contribution < 1.29 is 18.7 Å².